The number of hydrogen-bond acceptors (Lipinski definition) is 5. The summed E-state index contributed by atoms with van der Waals surface area (Å²) in [6.07, 6.45) is 0.715. The smallest absolute Gasteiger partial charge is 0.152 e. The van der Waals surface area contributed by atoms with Crippen LogP contribution in [0, 0.1) is 0 Å². The molecule has 0 bridgehead atoms. The Morgan fingerprint density at radius 1 is 1.07 bits per heavy atom. The first-order chi connectivity index (χ1) is 13.2. The first kappa shape index (κ1) is 17.3. The number of nitrogen functional groups attached to an aromatic ring is 1. The maximum Gasteiger partial charge on any atom is 0.152 e. The highest BCUT2D eigenvalue weighted by Gasteiger charge is 2.15. The molecular formula is C21H22N4O2. The summed E-state index contributed by atoms with van der Waals surface area (Å²) < 4.78 is 13.2. The fraction of sp³-hybridized carbons (Fsp3) is 0.238. The molecule has 4 aromatic rings. The predicted octanol–water partition coefficient (Wildman–Crippen LogP) is 3.47. The lowest BCUT2D eigenvalue weighted by Gasteiger charge is -2.09. The van der Waals surface area contributed by atoms with Gasteiger partial charge in [0.05, 0.1) is 17.6 Å². The number of aryl methyl sites for hydroxylation is 1. The zero-order valence-electron chi connectivity index (χ0n) is 15.5. The summed E-state index contributed by atoms with van der Waals surface area (Å²) in [7, 11) is 3.68. The Kier molecular flexibility index (Phi) is 4.64. The molecule has 0 saturated carbocycles. The number of nitrogens with two attached hydrogens (primary N) is 1. The lowest BCUT2D eigenvalue weighted by molar-refractivity contribution is 0.200. The first-order valence-corrected chi connectivity index (χ1v) is 8.87. The van der Waals surface area contributed by atoms with Crippen LogP contribution in [0.4, 0.5) is 5.82 Å². The number of hydrogen-bond donors (Lipinski definition) is 1. The van der Waals surface area contributed by atoms with Gasteiger partial charge in [-0.05, 0) is 23.8 Å². The van der Waals surface area contributed by atoms with Crippen molar-refractivity contribution in [1.29, 1.82) is 0 Å². The number of nitrogens with zero attached hydrogens (tertiary/aromatic N) is 3. The van der Waals surface area contributed by atoms with E-state index in [0.29, 0.717) is 25.5 Å². The van der Waals surface area contributed by atoms with Crippen LogP contribution in [0.1, 0.15) is 11.4 Å². The van der Waals surface area contributed by atoms with Gasteiger partial charge in [-0.2, -0.15) is 0 Å². The van der Waals surface area contributed by atoms with Crippen molar-refractivity contribution in [2.45, 2.75) is 13.0 Å². The molecule has 0 spiro atoms. The van der Waals surface area contributed by atoms with Crippen molar-refractivity contribution in [3.63, 3.8) is 0 Å². The number of ether oxygens (including phenoxy) is 2. The summed E-state index contributed by atoms with van der Waals surface area (Å²) in [4.78, 5) is 9.19. The van der Waals surface area contributed by atoms with Crippen LogP contribution in [0.5, 0.6) is 5.75 Å². The molecule has 0 saturated heterocycles. The van der Waals surface area contributed by atoms with E-state index < -0.39 is 0 Å². The number of aromatic nitrogens is 3. The second kappa shape index (κ2) is 7.25. The highest BCUT2D eigenvalue weighted by Crippen LogP contribution is 2.31. The molecule has 27 heavy (non-hydrogen) atoms. The van der Waals surface area contributed by atoms with Crippen molar-refractivity contribution >= 4 is 27.8 Å². The zero-order chi connectivity index (χ0) is 18.8. The standard InChI is InChI=1S/C21H22N4O2/c1-25-18(10-11-26-2)24-19-20(25)16-12-15(8-9-17(16)23-21(19)22)27-13-14-6-4-3-5-7-14/h3-9,12H,10-11,13H2,1-2H3,(H2,22,23). The van der Waals surface area contributed by atoms with Crippen molar-refractivity contribution < 1.29 is 9.47 Å². The van der Waals surface area contributed by atoms with Crippen molar-refractivity contribution in [1.82, 2.24) is 14.5 Å². The predicted molar refractivity (Wildman–Crippen MR) is 107 cm³/mol. The highest BCUT2D eigenvalue weighted by molar-refractivity contribution is 6.07. The Bertz CT molecular complexity index is 1090. The average molecular weight is 362 g/mol. The van der Waals surface area contributed by atoms with Crippen LogP contribution in [-0.4, -0.2) is 28.3 Å². The molecule has 0 radical (unpaired) electrons. The number of imidazole rings is 1. The molecule has 6 nitrogen and oxygen atoms in total. The Morgan fingerprint density at radius 3 is 2.67 bits per heavy atom. The fourth-order valence-electron chi connectivity index (χ4n) is 3.26. The monoisotopic (exact) mass is 362 g/mol. The summed E-state index contributed by atoms with van der Waals surface area (Å²) in [5, 5.41) is 0.975. The van der Waals surface area contributed by atoms with Crippen LogP contribution < -0.4 is 10.5 Å². The molecule has 0 aliphatic heterocycles. The van der Waals surface area contributed by atoms with E-state index in [2.05, 4.69) is 14.5 Å². The van der Waals surface area contributed by atoms with Gasteiger partial charge in [0.1, 0.15) is 23.7 Å². The van der Waals surface area contributed by atoms with E-state index in [1.807, 2.05) is 55.6 Å². The lowest BCUT2D eigenvalue weighted by Crippen LogP contribution is -2.02. The van der Waals surface area contributed by atoms with E-state index in [1.165, 1.54) is 0 Å². The van der Waals surface area contributed by atoms with E-state index in [0.717, 1.165) is 39.1 Å². The third kappa shape index (κ3) is 3.31. The summed E-state index contributed by atoms with van der Waals surface area (Å²) in [6, 6.07) is 16.0. The minimum absolute atomic E-state index is 0.440. The van der Waals surface area contributed by atoms with Gasteiger partial charge in [0.15, 0.2) is 5.82 Å². The Balaban J connectivity index is 1.75. The maximum atomic E-state index is 6.16. The van der Waals surface area contributed by atoms with Crippen LogP contribution in [0.15, 0.2) is 48.5 Å². The number of pyridine rings is 1. The van der Waals surface area contributed by atoms with E-state index in [9.17, 15) is 0 Å². The van der Waals surface area contributed by atoms with Crippen LogP contribution in [0.3, 0.4) is 0 Å². The van der Waals surface area contributed by atoms with Crippen molar-refractivity contribution in [2.75, 3.05) is 19.5 Å². The third-order valence-electron chi connectivity index (χ3n) is 4.67. The molecule has 6 heteroatoms. The van der Waals surface area contributed by atoms with Crippen molar-refractivity contribution in [2.24, 2.45) is 7.05 Å². The Hall–Kier alpha value is -3.12. The van der Waals surface area contributed by atoms with Crippen LogP contribution in [-0.2, 0) is 24.8 Å². The third-order valence-corrected chi connectivity index (χ3v) is 4.67. The zero-order valence-corrected chi connectivity index (χ0v) is 15.5. The van der Waals surface area contributed by atoms with Gasteiger partial charge >= 0.3 is 0 Å². The molecule has 0 amide bonds. The SMILES string of the molecule is COCCc1nc2c(N)nc3ccc(OCc4ccccc4)cc3c2n1C. The highest BCUT2D eigenvalue weighted by atomic mass is 16.5. The second-order valence-electron chi connectivity index (χ2n) is 6.48. The molecular weight excluding hydrogens is 340 g/mol. The van der Waals surface area contributed by atoms with Gasteiger partial charge in [-0.3, -0.25) is 0 Å². The van der Waals surface area contributed by atoms with Gasteiger partial charge < -0.3 is 19.8 Å². The number of fused-ring (bicyclic) bond motifs is 3. The molecule has 2 heterocycles. The van der Waals surface area contributed by atoms with Crippen molar-refractivity contribution in [3.8, 4) is 5.75 Å². The summed E-state index contributed by atoms with van der Waals surface area (Å²) in [6.45, 7) is 1.12. The van der Waals surface area contributed by atoms with Gasteiger partial charge in [-0.1, -0.05) is 30.3 Å². The lowest BCUT2D eigenvalue weighted by atomic mass is 10.1. The van der Waals surface area contributed by atoms with Gasteiger partial charge in [-0.15, -0.1) is 0 Å². The number of rotatable bonds is 6. The maximum absolute atomic E-state index is 6.16. The summed E-state index contributed by atoms with van der Waals surface area (Å²) in [5.41, 5.74) is 9.79. The number of methoxy groups -OCH3 is 1. The van der Waals surface area contributed by atoms with E-state index in [-0.39, 0.29) is 0 Å². The fourth-order valence-corrected chi connectivity index (χ4v) is 3.26. The molecule has 2 aromatic carbocycles. The molecule has 2 aromatic heterocycles. The van der Waals surface area contributed by atoms with Crippen molar-refractivity contribution in [3.05, 3.63) is 59.9 Å². The van der Waals surface area contributed by atoms with Gasteiger partial charge in [0.2, 0.25) is 0 Å². The second-order valence-corrected chi connectivity index (χ2v) is 6.48. The molecule has 0 fully saturated rings. The number of benzene rings is 2. The van der Waals surface area contributed by atoms with Crippen LogP contribution >= 0.6 is 0 Å². The average Bonchev–Trinajstić information content (AvgIpc) is 3.03. The topological polar surface area (TPSA) is 75.2 Å². The normalized spacial score (nSPS) is 11.3. The molecule has 0 unspecified atom stereocenters. The van der Waals surface area contributed by atoms with E-state index in [1.54, 1.807) is 7.11 Å². The molecule has 0 atom stereocenters. The minimum atomic E-state index is 0.440. The minimum Gasteiger partial charge on any atom is -0.489 e. The van der Waals surface area contributed by atoms with Gasteiger partial charge in [0.25, 0.3) is 0 Å². The van der Waals surface area contributed by atoms with Crippen LogP contribution in [0.2, 0.25) is 0 Å². The van der Waals surface area contributed by atoms with Crippen LogP contribution in [0.25, 0.3) is 21.9 Å². The Morgan fingerprint density at radius 2 is 1.89 bits per heavy atom. The molecule has 138 valence electrons. The molecule has 0 aliphatic rings. The first-order valence-electron chi connectivity index (χ1n) is 8.87. The Labute approximate surface area is 157 Å². The van der Waals surface area contributed by atoms with Gasteiger partial charge in [-0.25, -0.2) is 9.97 Å². The molecule has 4 rings (SSSR count). The largest absolute Gasteiger partial charge is 0.489 e. The quantitative estimate of drug-likeness (QED) is 0.568. The molecule has 2 N–H and O–H groups in total. The van der Waals surface area contributed by atoms with E-state index in [4.69, 9.17) is 15.2 Å². The van der Waals surface area contributed by atoms with E-state index >= 15 is 0 Å². The summed E-state index contributed by atoms with van der Waals surface area (Å²) in [5.74, 6) is 2.15. The summed E-state index contributed by atoms with van der Waals surface area (Å²) >= 11 is 0. The van der Waals surface area contributed by atoms with Gasteiger partial charge in [0, 0.05) is 26.0 Å². The molecule has 0 aliphatic carbocycles. The number of anilines is 1.